The maximum atomic E-state index is 13.0. The number of aliphatic carboxylic acids is 1. The summed E-state index contributed by atoms with van der Waals surface area (Å²) in [5, 5.41) is 20.3. The minimum atomic E-state index is -1.08. The molecule has 2 rings (SSSR count). The molecule has 1 aromatic carbocycles. The smallest absolute Gasteiger partial charge is 0.327 e. The van der Waals surface area contributed by atoms with Crippen LogP contribution >= 0.6 is 11.8 Å². The Balaban J connectivity index is 2.16. The summed E-state index contributed by atoms with van der Waals surface area (Å²) >= 11 is 1.33. The monoisotopic (exact) mass is 295 g/mol. The van der Waals surface area contributed by atoms with Crippen LogP contribution in [0.3, 0.4) is 0 Å². The molecule has 1 atom stereocenters. The van der Waals surface area contributed by atoms with Crippen molar-refractivity contribution in [2.45, 2.75) is 6.04 Å². The Kier molecular flexibility index (Phi) is 4.10. The highest BCUT2D eigenvalue weighted by Crippen LogP contribution is 2.23. The predicted molar refractivity (Wildman–Crippen MR) is 70.7 cm³/mol. The summed E-state index contributed by atoms with van der Waals surface area (Å²) in [4.78, 5) is 24.2. The standard InChI is InChI=1S/C12H10FN3O3S/c13-8-1-2-9(7(3-8)4-14)15-12(19)16-6-20-5-10(16)11(17)18/h1-3,10H,5-6H2,(H,15,19)(H,17,18)/t10-/m0/s1. The number of rotatable bonds is 2. The number of anilines is 1. The minimum absolute atomic E-state index is 0.0166. The molecule has 1 aromatic rings. The molecule has 2 N–H and O–H groups in total. The second-order valence-corrected chi connectivity index (χ2v) is 5.06. The average Bonchev–Trinajstić information content (AvgIpc) is 2.90. The van der Waals surface area contributed by atoms with Crippen molar-refractivity contribution in [3.05, 3.63) is 29.6 Å². The van der Waals surface area contributed by atoms with Gasteiger partial charge >= 0.3 is 12.0 Å². The van der Waals surface area contributed by atoms with Crippen LogP contribution in [0.4, 0.5) is 14.9 Å². The maximum Gasteiger partial charge on any atom is 0.327 e. The number of carboxylic acids is 1. The lowest BCUT2D eigenvalue weighted by Crippen LogP contribution is -2.44. The highest BCUT2D eigenvalue weighted by atomic mass is 32.2. The number of nitriles is 1. The van der Waals surface area contributed by atoms with E-state index in [9.17, 15) is 14.0 Å². The summed E-state index contributed by atoms with van der Waals surface area (Å²) in [6.07, 6.45) is 0. The fourth-order valence-electron chi connectivity index (χ4n) is 1.75. The largest absolute Gasteiger partial charge is 0.480 e. The lowest BCUT2D eigenvalue weighted by atomic mass is 10.2. The fourth-order valence-corrected chi connectivity index (χ4v) is 2.90. The highest BCUT2D eigenvalue weighted by molar-refractivity contribution is 7.99. The van der Waals surface area contributed by atoms with E-state index in [2.05, 4.69) is 5.32 Å². The maximum absolute atomic E-state index is 13.0. The Morgan fingerprint density at radius 1 is 1.55 bits per heavy atom. The molecule has 1 saturated heterocycles. The van der Waals surface area contributed by atoms with Crippen LogP contribution in [-0.4, -0.2) is 39.7 Å². The zero-order valence-corrected chi connectivity index (χ0v) is 11.0. The molecule has 6 nitrogen and oxygen atoms in total. The number of urea groups is 1. The Labute approximate surface area is 118 Å². The van der Waals surface area contributed by atoms with Crippen LogP contribution in [0.2, 0.25) is 0 Å². The van der Waals surface area contributed by atoms with Gasteiger partial charge in [0.1, 0.15) is 17.9 Å². The summed E-state index contributed by atoms with van der Waals surface area (Å²) in [7, 11) is 0. The average molecular weight is 295 g/mol. The Bertz CT molecular complexity index is 602. The summed E-state index contributed by atoms with van der Waals surface area (Å²) in [5.74, 6) is -1.09. The number of carbonyl (C=O) groups excluding carboxylic acids is 1. The molecule has 0 aliphatic carbocycles. The number of amides is 2. The highest BCUT2D eigenvalue weighted by Gasteiger charge is 2.34. The van der Waals surface area contributed by atoms with Gasteiger partial charge in [-0.25, -0.2) is 14.0 Å². The quantitative estimate of drug-likeness (QED) is 0.866. The molecule has 0 spiro atoms. The third-order valence-corrected chi connectivity index (χ3v) is 3.78. The molecule has 20 heavy (non-hydrogen) atoms. The summed E-state index contributed by atoms with van der Waals surface area (Å²) in [5.41, 5.74) is 0.136. The van der Waals surface area contributed by atoms with Gasteiger partial charge in [-0.1, -0.05) is 0 Å². The number of hydrogen-bond donors (Lipinski definition) is 2. The summed E-state index contributed by atoms with van der Waals surface area (Å²) in [6, 6.07) is 3.64. The first-order valence-corrected chi connectivity index (χ1v) is 6.76. The van der Waals surface area contributed by atoms with Gasteiger partial charge in [0, 0.05) is 5.75 Å². The first-order chi connectivity index (χ1) is 9.52. The molecule has 0 radical (unpaired) electrons. The van der Waals surface area contributed by atoms with Crippen molar-refractivity contribution in [3.63, 3.8) is 0 Å². The molecular weight excluding hydrogens is 285 g/mol. The van der Waals surface area contributed by atoms with E-state index in [1.165, 1.54) is 17.8 Å². The number of hydrogen-bond acceptors (Lipinski definition) is 4. The van der Waals surface area contributed by atoms with Crippen LogP contribution in [0.1, 0.15) is 5.56 Å². The van der Waals surface area contributed by atoms with Gasteiger partial charge in [0.15, 0.2) is 0 Å². The van der Waals surface area contributed by atoms with Crippen molar-refractivity contribution < 1.29 is 19.1 Å². The van der Waals surface area contributed by atoms with Crippen LogP contribution in [0.5, 0.6) is 0 Å². The number of nitrogens with one attached hydrogen (secondary N) is 1. The molecule has 8 heteroatoms. The molecule has 104 valence electrons. The Hall–Kier alpha value is -2.27. The van der Waals surface area contributed by atoms with Gasteiger partial charge in [-0.3, -0.25) is 0 Å². The molecule has 1 fully saturated rings. The summed E-state index contributed by atoms with van der Waals surface area (Å²) in [6.45, 7) is 0. The third-order valence-electron chi connectivity index (χ3n) is 2.77. The number of benzene rings is 1. The second kappa shape index (κ2) is 5.79. The molecule has 0 aromatic heterocycles. The van der Waals surface area contributed by atoms with Gasteiger partial charge in [0.2, 0.25) is 0 Å². The van der Waals surface area contributed by atoms with Crippen molar-refractivity contribution in [2.24, 2.45) is 0 Å². The van der Waals surface area contributed by atoms with Crippen LogP contribution in [0.25, 0.3) is 0 Å². The lowest BCUT2D eigenvalue weighted by Gasteiger charge is -2.21. The summed E-state index contributed by atoms with van der Waals surface area (Å²) < 4.78 is 13.0. The van der Waals surface area contributed by atoms with E-state index >= 15 is 0 Å². The minimum Gasteiger partial charge on any atom is -0.480 e. The predicted octanol–water partition coefficient (Wildman–Crippen LogP) is 1.69. The Morgan fingerprint density at radius 3 is 2.95 bits per heavy atom. The zero-order valence-electron chi connectivity index (χ0n) is 10.2. The number of nitrogens with zero attached hydrogens (tertiary/aromatic N) is 2. The van der Waals surface area contributed by atoms with Crippen molar-refractivity contribution >= 4 is 29.4 Å². The number of carbonyl (C=O) groups is 2. The van der Waals surface area contributed by atoms with E-state index in [-0.39, 0.29) is 17.1 Å². The van der Waals surface area contributed by atoms with E-state index in [0.717, 1.165) is 17.0 Å². The molecule has 2 amide bonds. The van der Waals surface area contributed by atoms with Gasteiger partial charge in [-0.15, -0.1) is 11.8 Å². The molecular formula is C12H10FN3O3S. The van der Waals surface area contributed by atoms with Crippen molar-refractivity contribution in [3.8, 4) is 6.07 Å². The SMILES string of the molecule is N#Cc1cc(F)ccc1NC(=O)N1CSC[C@H]1C(=O)O. The Morgan fingerprint density at radius 2 is 2.30 bits per heavy atom. The number of halogens is 1. The van der Waals surface area contributed by atoms with Gasteiger partial charge in [-0.05, 0) is 18.2 Å². The third kappa shape index (κ3) is 2.83. The van der Waals surface area contributed by atoms with Crippen LogP contribution in [-0.2, 0) is 4.79 Å². The zero-order chi connectivity index (χ0) is 14.7. The lowest BCUT2D eigenvalue weighted by molar-refractivity contribution is -0.140. The van der Waals surface area contributed by atoms with Crippen molar-refractivity contribution in [2.75, 3.05) is 16.9 Å². The normalized spacial score (nSPS) is 17.6. The molecule has 0 saturated carbocycles. The molecule has 1 aliphatic heterocycles. The van der Waals surface area contributed by atoms with E-state index in [4.69, 9.17) is 10.4 Å². The first kappa shape index (κ1) is 14.1. The van der Waals surface area contributed by atoms with Crippen LogP contribution in [0.15, 0.2) is 18.2 Å². The van der Waals surface area contributed by atoms with E-state index in [0.29, 0.717) is 5.75 Å². The fraction of sp³-hybridized carbons (Fsp3) is 0.250. The van der Waals surface area contributed by atoms with Gasteiger partial charge in [-0.2, -0.15) is 5.26 Å². The topological polar surface area (TPSA) is 93.4 Å². The van der Waals surface area contributed by atoms with Crippen LogP contribution < -0.4 is 5.32 Å². The van der Waals surface area contributed by atoms with Gasteiger partial charge < -0.3 is 15.3 Å². The number of carboxylic acid groups (broad SMARTS) is 1. The molecule has 0 unspecified atom stereocenters. The molecule has 1 aliphatic rings. The van der Waals surface area contributed by atoms with Crippen molar-refractivity contribution in [1.82, 2.24) is 4.90 Å². The first-order valence-electron chi connectivity index (χ1n) is 5.60. The molecule has 1 heterocycles. The second-order valence-electron chi connectivity index (χ2n) is 4.06. The van der Waals surface area contributed by atoms with Gasteiger partial charge in [0.25, 0.3) is 0 Å². The van der Waals surface area contributed by atoms with Crippen LogP contribution in [0, 0.1) is 17.1 Å². The van der Waals surface area contributed by atoms with E-state index in [1.807, 2.05) is 0 Å². The molecule has 0 bridgehead atoms. The van der Waals surface area contributed by atoms with Crippen molar-refractivity contribution in [1.29, 1.82) is 5.26 Å². The number of thioether (sulfide) groups is 1. The van der Waals surface area contributed by atoms with Gasteiger partial charge in [0.05, 0.1) is 17.1 Å². The van der Waals surface area contributed by atoms with E-state index < -0.39 is 23.9 Å². The van der Waals surface area contributed by atoms with E-state index in [1.54, 1.807) is 6.07 Å².